The molecule has 1 aliphatic heterocycles. The summed E-state index contributed by atoms with van der Waals surface area (Å²) in [7, 11) is 0. The molecule has 0 radical (unpaired) electrons. The topological polar surface area (TPSA) is 49.0 Å². The van der Waals surface area contributed by atoms with Crippen molar-refractivity contribution < 1.29 is 4.39 Å². The highest BCUT2D eigenvalue weighted by molar-refractivity contribution is 7.13. The minimum Gasteiger partial charge on any atom is -0.306 e. The maximum absolute atomic E-state index is 14.2. The van der Waals surface area contributed by atoms with E-state index in [1.54, 1.807) is 6.07 Å². The van der Waals surface area contributed by atoms with Gasteiger partial charge in [-0.05, 0) is 36.4 Å². The monoisotopic (exact) mass is 389 g/mol. The second-order valence-corrected chi connectivity index (χ2v) is 7.76. The van der Waals surface area contributed by atoms with E-state index in [4.69, 9.17) is 11.6 Å². The lowest BCUT2D eigenvalue weighted by Gasteiger charge is -2.28. The van der Waals surface area contributed by atoms with Gasteiger partial charge in [0.05, 0.1) is 15.6 Å². The molecule has 1 N–H and O–H groups in total. The minimum atomic E-state index is -0.301. The van der Waals surface area contributed by atoms with Gasteiger partial charge < -0.3 is 4.98 Å². The first-order chi connectivity index (χ1) is 12.5. The van der Waals surface area contributed by atoms with Crippen molar-refractivity contribution >= 4 is 22.9 Å². The fraction of sp³-hybridized carbons (Fsp3) is 0.263. The molecular weight excluding hydrogens is 373 g/mol. The largest absolute Gasteiger partial charge is 0.306 e. The lowest BCUT2D eigenvalue weighted by atomic mass is 10.0. The normalized spacial score (nSPS) is 14.4. The Morgan fingerprint density at radius 2 is 2.23 bits per heavy atom. The number of rotatable bonds is 3. The van der Waals surface area contributed by atoms with E-state index in [-0.39, 0.29) is 11.4 Å². The van der Waals surface area contributed by atoms with Crippen LogP contribution in [0.2, 0.25) is 5.02 Å². The standard InChI is InChI=1S/C19H17ClFN3OS/c1-11-4-5-14(21)13(17(11)20)9-24-7-6-12-15(10-24)22-18(23-19(12)25)16-3-2-8-26-16/h2-5,8H,6-7,9-10H2,1H3,(H,22,23,25). The molecule has 1 aliphatic rings. The third-order valence-corrected chi connectivity index (χ3v) is 6.07. The van der Waals surface area contributed by atoms with Crippen molar-refractivity contribution in [1.82, 2.24) is 14.9 Å². The van der Waals surface area contributed by atoms with E-state index in [0.29, 0.717) is 42.5 Å². The maximum atomic E-state index is 14.2. The molecule has 1 aromatic carbocycles. The number of fused-ring (bicyclic) bond motifs is 1. The first kappa shape index (κ1) is 17.4. The molecule has 0 unspecified atom stereocenters. The van der Waals surface area contributed by atoms with Crippen molar-refractivity contribution in [1.29, 1.82) is 0 Å². The van der Waals surface area contributed by atoms with E-state index in [1.165, 1.54) is 17.4 Å². The average molecular weight is 390 g/mol. The molecule has 0 aliphatic carbocycles. The zero-order valence-electron chi connectivity index (χ0n) is 14.2. The van der Waals surface area contributed by atoms with Crippen molar-refractivity contribution in [3.63, 3.8) is 0 Å². The highest BCUT2D eigenvalue weighted by Crippen LogP contribution is 2.27. The van der Waals surface area contributed by atoms with Crippen LogP contribution in [0.25, 0.3) is 10.7 Å². The third kappa shape index (κ3) is 3.20. The van der Waals surface area contributed by atoms with Gasteiger partial charge in [-0.3, -0.25) is 9.69 Å². The number of benzene rings is 1. The molecular formula is C19H17ClFN3OS. The summed E-state index contributed by atoms with van der Waals surface area (Å²) in [6.45, 7) is 3.43. The van der Waals surface area contributed by atoms with E-state index in [0.717, 1.165) is 21.7 Å². The van der Waals surface area contributed by atoms with Gasteiger partial charge in [-0.2, -0.15) is 0 Å². The Morgan fingerprint density at radius 1 is 1.38 bits per heavy atom. The second-order valence-electron chi connectivity index (χ2n) is 6.43. The van der Waals surface area contributed by atoms with Crippen LogP contribution in [-0.2, 0) is 19.5 Å². The van der Waals surface area contributed by atoms with Crippen molar-refractivity contribution in [2.45, 2.75) is 26.4 Å². The molecule has 2 aromatic heterocycles. The number of halogens is 2. The predicted molar refractivity (Wildman–Crippen MR) is 102 cm³/mol. The summed E-state index contributed by atoms with van der Waals surface area (Å²) >= 11 is 7.83. The van der Waals surface area contributed by atoms with Crippen LogP contribution in [0.5, 0.6) is 0 Å². The fourth-order valence-electron chi connectivity index (χ4n) is 3.24. The summed E-state index contributed by atoms with van der Waals surface area (Å²) in [4.78, 5) is 22.9. The van der Waals surface area contributed by atoms with Crippen LogP contribution in [0.4, 0.5) is 4.39 Å². The SMILES string of the molecule is Cc1ccc(F)c(CN2CCc3c(nc(-c4cccs4)[nH]c3=O)C2)c1Cl. The van der Waals surface area contributed by atoms with Gasteiger partial charge >= 0.3 is 0 Å². The van der Waals surface area contributed by atoms with Gasteiger partial charge in [0.2, 0.25) is 0 Å². The lowest BCUT2D eigenvalue weighted by Crippen LogP contribution is -2.35. The molecule has 0 bridgehead atoms. The quantitative estimate of drug-likeness (QED) is 0.731. The van der Waals surface area contributed by atoms with Crippen molar-refractivity contribution in [2.75, 3.05) is 6.54 Å². The Balaban J connectivity index is 1.64. The molecule has 0 atom stereocenters. The number of aryl methyl sites for hydroxylation is 1. The molecule has 3 heterocycles. The molecule has 0 fully saturated rings. The van der Waals surface area contributed by atoms with Crippen LogP contribution >= 0.6 is 22.9 Å². The second kappa shape index (κ2) is 6.95. The van der Waals surface area contributed by atoms with E-state index >= 15 is 0 Å². The summed E-state index contributed by atoms with van der Waals surface area (Å²) in [5.74, 6) is 0.287. The minimum absolute atomic E-state index is 0.0854. The Bertz CT molecular complexity index is 1020. The Hall–Kier alpha value is -2.02. The zero-order chi connectivity index (χ0) is 18.3. The maximum Gasteiger partial charge on any atom is 0.254 e. The summed E-state index contributed by atoms with van der Waals surface area (Å²) in [5.41, 5.74) is 2.75. The first-order valence-electron chi connectivity index (χ1n) is 8.34. The van der Waals surface area contributed by atoms with E-state index in [9.17, 15) is 9.18 Å². The number of aromatic nitrogens is 2. The Kier molecular flexibility index (Phi) is 4.65. The van der Waals surface area contributed by atoms with Crippen LogP contribution in [0.1, 0.15) is 22.4 Å². The molecule has 134 valence electrons. The zero-order valence-corrected chi connectivity index (χ0v) is 15.8. The van der Waals surface area contributed by atoms with Crippen LogP contribution in [0, 0.1) is 12.7 Å². The van der Waals surface area contributed by atoms with Crippen molar-refractivity contribution in [3.8, 4) is 10.7 Å². The van der Waals surface area contributed by atoms with Gasteiger partial charge in [0.1, 0.15) is 5.82 Å². The summed E-state index contributed by atoms with van der Waals surface area (Å²) in [6, 6.07) is 6.99. The van der Waals surface area contributed by atoms with Gasteiger partial charge in [-0.1, -0.05) is 23.7 Å². The van der Waals surface area contributed by atoms with Crippen molar-refractivity contribution in [2.24, 2.45) is 0 Å². The van der Waals surface area contributed by atoms with Crippen LogP contribution < -0.4 is 5.56 Å². The molecule has 7 heteroatoms. The van der Waals surface area contributed by atoms with Crippen LogP contribution in [0.15, 0.2) is 34.4 Å². The number of hydrogen-bond acceptors (Lipinski definition) is 4. The van der Waals surface area contributed by atoms with Crippen LogP contribution in [-0.4, -0.2) is 21.4 Å². The third-order valence-electron chi connectivity index (χ3n) is 4.67. The molecule has 3 aromatic rings. The number of aromatic amines is 1. The number of nitrogens with one attached hydrogen (secondary N) is 1. The summed E-state index contributed by atoms with van der Waals surface area (Å²) < 4.78 is 14.2. The summed E-state index contributed by atoms with van der Waals surface area (Å²) in [5, 5.41) is 2.41. The van der Waals surface area contributed by atoms with Gasteiger partial charge in [0.25, 0.3) is 5.56 Å². The molecule has 4 rings (SSSR count). The number of nitrogens with zero attached hydrogens (tertiary/aromatic N) is 2. The molecule has 4 nitrogen and oxygen atoms in total. The van der Waals surface area contributed by atoms with Gasteiger partial charge in [-0.15, -0.1) is 11.3 Å². The van der Waals surface area contributed by atoms with Crippen LogP contribution in [0.3, 0.4) is 0 Å². The Morgan fingerprint density at radius 3 is 3.00 bits per heavy atom. The molecule has 0 amide bonds. The highest BCUT2D eigenvalue weighted by atomic mass is 35.5. The number of hydrogen-bond donors (Lipinski definition) is 1. The summed E-state index contributed by atoms with van der Waals surface area (Å²) in [6.07, 6.45) is 0.591. The van der Waals surface area contributed by atoms with Gasteiger partial charge in [-0.25, -0.2) is 9.37 Å². The van der Waals surface area contributed by atoms with E-state index in [2.05, 4.69) is 14.9 Å². The van der Waals surface area contributed by atoms with E-state index in [1.807, 2.05) is 24.4 Å². The lowest BCUT2D eigenvalue weighted by molar-refractivity contribution is 0.237. The molecule has 26 heavy (non-hydrogen) atoms. The van der Waals surface area contributed by atoms with E-state index < -0.39 is 0 Å². The smallest absolute Gasteiger partial charge is 0.254 e. The number of thiophene rings is 1. The highest BCUT2D eigenvalue weighted by Gasteiger charge is 2.23. The Labute approximate surface area is 159 Å². The number of H-pyrrole nitrogens is 1. The molecule has 0 spiro atoms. The fourth-order valence-corrected chi connectivity index (χ4v) is 4.12. The van der Waals surface area contributed by atoms with Gasteiger partial charge in [0, 0.05) is 30.8 Å². The molecule has 0 saturated carbocycles. The average Bonchev–Trinajstić information content (AvgIpc) is 3.16. The van der Waals surface area contributed by atoms with Crippen molar-refractivity contribution in [3.05, 3.63) is 73.2 Å². The first-order valence-corrected chi connectivity index (χ1v) is 9.60. The molecule has 0 saturated heterocycles. The predicted octanol–water partition coefficient (Wildman–Crippen LogP) is 4.16. The van der Waals surface area contributed by atoms with Gasteiger partial charge in [0.15, 0.2) is 5.82 Å².